The molecule has 2 rings (SSSR count). The maximum atomic E-state index is 4.22. The second-order valence-corrected chi connectivity index (χ2v) is 3.47. The summed E-state index contributed by atoms with van der Waals surface area (Å²) in [4.78, 5) is 8.12. The van der Waals surface area contributed by atoms with Gasteiger partial charge in [-0.3, -0.25) is 0 Å². The molecule has 1 aromatic carbocycles. The lowest BCUT2D eigenvalue weighted by Gasteiger charge is -2.03. The van der Waals surface area contributed by atoms with Crippen molar-refractivity contribution < 1.29 is 0 Å². The van der Waals surface area contributed by atoms with E-state index in [9.17, 15) is 0 Å². The second kappa shape index (κ2) is 3.58. The van der Waals surface area contributed by atoms with Crippen molar-refractivity contribution in [1.29, 1.82) is 0 Å². The molecule has 0 bridgehead atoms. The Bertz CT molecular complexity index is 415. The fourth-order valence-electron chi connectivity index (χ4n) is 1.58. The first-order chi connectivity index (χ1) is 6.75. The maximum Gasteiger partial charge on any atom is 0.116 e. The Morgan fingerprint density at radius 3 is 2.29 bits per heavy atom. The molecule has 1 aromatic heterocycles. The molecule has 0 radical (unpaired) electrons. The zero-order valence-electron chi connectivity index (χ0n) is 8.36. The molecule has 2 heteroatoms. The lowest BCUT2D eigenvalue weighted by atomic mass is 10.1. The van der Waals surface area contributed by atoms with Gasteiger partial charge in [-0.25, -0.2) is 9.97 Å². The molecule has 0 atom stereocenters. The summed E-state index contributed by atoms with van der Waals surface area (Å²) in [6, 6.07) is 8.35. The fraction of sp³-hybridized carbons (Fsp3) is 0.167. The van der Waals surface area contributed by atoms with Gasteiger partial charge in [0, 0.05) is 11.8 Å². The van der Waals surface area contributed by atoms with E-state index in [1.165, 1.54) is 11.1 Å². The van der Waals surface area contributed by atoms with Crippen molar-refractivity contribution in [2.75, 3.05) is 0 Å². The lowest BCUT2D eigenvalue weighted by molar-refractivity contribution is 1.17. The number of hydrogen-bond donors (Lipinski definition) is 0. The van der Waals surface area contributed by atoms with E-state index in [0.29, 0.717) is 0 Å². The van der Waals surface area contributed by atoms with Crippen LogP contribution in [-0.4, -0.2) is 9.97 Å². The van der Waals surface area contributed by atoms with Crippen molar-refractivity contribution in [3.05, 3.63) is 47.9 Å². The second-order valence-electron chi connectivity index (χ2n) is 3.47. The van der Waals surface area contributed by atoms with E-state index in [4.69, 9.17) is 0 Å². The van der Waals surface area contributed by atoms with E-state index in [-0.39, 0.29) is 0 Å². The van der Waals surface area contributed by atoms with E-state index in [1.807, 2.05) is 6.07 Å². The minimum atomic E-state index is 0.979. The largest absolute Gasteiger partial charge is 0.245 e. The highest BCUT2D eigenvalue weighted by atomic mass is 14.8. The minimum absolute atomic E-state index is 0.979. The Hall–Kier alpha value is -1.70. The van der Waals surface area contributed by atoms with Crippen molar-refractivity contribution in [3.63, 3.8) is 0 Å². The maximum absolute atomic E-state index is 4.22. The SMILES string of the molecule is Cc1cc(C)cc(-c2ccncn2)c1. The molecule has 0 fully saturated rings. The number of aryl methyl sites for hydroxylation is 2. The van der Waals surface area contributed by atoms with Crippen LogP contribution in [0.25, 0.3) is 11.3 Å². The summed E-state index contributed by atoms with van der Waals surface area (Å²) in [5.41, 5.74) is 4.66. The predicted octanol–water partition coefficient (Wildman–Crippen LogP) is 2.76. The topological polar surface area (TPSA) is 25.8 Å². The van der Waals surface area contributed by atoms with Crippen LogP contribution in [0.1, 0.15) is 11.1 Å². The Morgan fingerprint density at radius 2 is 1.71 bits per heavy atom. The molecule has 2 aromatic rings. The van der Waals surface area contributed by atoms with Gasteiger partial charge in [-0.05, 0) is 32.0 Å². The smallest absolute Gasteiger partial charge is 0.116 e. The number of aromatic nitrogens is 2. The average Bonchev–Trinajstić information content (AvgIpc) is 2.18. The summed E-state index contributed by atoms with van der Waals surface area (Å²) in [7, 11) is 0. The Kier molecular flexibility index (Phi) is 2.27. The van der Waals surface area contributed by atoms with Crippen molar-refractivity contribution in [3.8, 4) is 11.3 Å². The van der Waals surface area contributed by atoms with Gasteiger partial charge in [-0.15, -0.1) is 0 Å². The molecule has 70 valence electrons. The van der Waals surface area contributed by atoms with E-state index >= 15 is 0 Å². The molecule has 0 N–H and O–H groups in total. The van der Waals surface area contributed by atoms with Gasteiger partial charge in [0.2, 0.25) is 0 Å². The van der Waals surface area contributed by atoms with Crippen LogP contribution in [-0.2, 0) is 0 Å². The van der Waals surface area contributed by atoms with Gasteiger partial charge in [0.25, 0.3) is 0 Å². The van der Waals surface area contributed by atoms with Crippen LogP contribution in [0.3, 0.4) is 0 Å². The highest BCUT2D eigenvalue weighted by Gasteiger charge is 1.99. The molecule has 0 aliphatic carbocycles. The van der Waals surface area contributed by atoms with E-state index in [0.717, 1.165) is 11.3 Å². The molecule has 0 amide bonds. The van der Waals surface area contributed by atoms with E-state index < -0.39 is 0 Å². The lowest BCUT2D eigenvalue weighted by Crippen LogP contribution is -1.86. The highest BCUT2D eigenvalue weighted by Crippen LogP contribution is 2.18. The van der Waals surface area contributed by atoms with Gasteiger partial charge < -0.3 is 0 Å². The third kappa shape index (κ3) is 1.79. The fourth-order valence-corrected chi connectivity index (χ4v) is 1.58. The molecular formula is C12H12N2. The molecule has 0 saturated carbocycles. The van der Waals surface area contributed by atoms with Crippen LogP contribution >= 0.6 is 0 Å². The van der Waals surface area contributed by atoms with Crippen LogP contribution in [0.2, 0.25) is 0 Å². The van der Waals surface area contributed by atoms with Gasteiger partial charge in [0.05, 0.1) is 5.69 Å². The van der Waals surface area contributed by atoms with Crippen LogP contribution in [0, 0.1) is 13.8 Å². The zero-order chi connectivity index (χ0) is 9.97. The summed E-state index contributed by atoms with van der Waals surface area (Å²) in [6.07, 6.45) is 3.34. The van der Waals surface area contributed by atoms with Crippen LogP contribution in [0.4, 0.5) is 0 Å². The first-order valence-electron chi connectivity index (χ1n) is 4.60. The normalized spacial score (nSPS) is 10.1. The van der Waals surface area contributed by atoms with Gasteiger partial charge in [-0.1, -0.05) is 17.2 Å². The molecule has 0 aliphatic rings. The standard InChI is InChI=1S/C12H12N2/c1-9-5-10(2)7-11(6-9)12-3-4-13-8-14-12/h3-8H,1-2H3. The van der Waals surface area contributed by atoms with Crippen molar-refractivity contribution in [1.82, 2.24) is 9.97 Å². The Labute approximate surface area is 83.7 Å². The number of rotatable bonds is 1. The first kappa shape index (κ1) is 8.88. The van der Waals surface area contributed by atoms with Crippen molar-refractivity contribution in [2.45, 2.75) is 13.8 Å². The molecule has 0 spiro atoms. The molecule has 0 saturated heterocycles. The van der Waals surface area contributed by atoms with Crippen molar-refractivity contribution in [2.24, 2.45) is 0 Å². The quantitative estimate of drug-likeness (QED) is 0.681. The summed E-state index contributed by atoms with van der Waals surface area (Å²) >= 11 is 0. The predicted molar refractivity (Wildman–Crippen MR) is 56.9 cm³/mol. The number of nitrogens with zero attached hydrogens (tertiary/aromatic N) is 2. The Morgan fingerprint density at radius 1 is 1.00 bits per heavy atom. The van der Waals surface area contributed by atoms with Gasteiger partial charge in [-0.2, -0.15) is 0 Å². The Balaban J connectivity index is 2.52. The highest BCUT2D eigenvalue weighted by molar-refractivity contribution is 5.60. The summed E-state index contributed by atoms with van der Waals surface area (Å²) in [5.74, 6) is 0. The summed E-state index contributed by atoms with van der Waals surface area (Å²) in [6.45, 7) is 4.19. The zero-order valence-corrected chi connectivity index (χ0v) is 8.36. The number of hydrogen-bond acceptors (Lipinski definition) is 2. The summed E-state index contributed by atoms with van der Waals surface area (Å²) in [5, 5.41) is 0. The first-order valence-corrected chi connectivity index (χ1v) is 4.60. The van der Waals surface area contributed by atoms with Gasteiger partial charge in [0.15, 0.2) is 0 Å². The van der Waals surface area contributed by atoms with Gasteiger partial charge >= 0.3 is 0 Å². The average molecular weight is 184 g/mol. The molecular weight excluding hydrogens is 172 g/mol. The van der Waals surface area contributed by atoms with Crippen molar-refractivity contribution >= 4 is 0 Å². The molecule has 1 heterocycles. The van der Waals surface area contributed by atoms with Gasteiger partial charge in [0.1, 0.15) is 6.33 Å². The van der Waals surface area contributed by atoms with E-state index in [2.05, 4.69) is 42.0 Å². The van der Waals surface area contributed by atoms with Crippen LogP contribution in [0.5, 0.6) is 0 Å². The van der Waals surface area contributed by atoms with Crippen LogP contribution in [0.15, 0.2) is 36.8 Å². The van der Waals surface area contributed by atoms with Crippen LogP contribution < -0.4 is 0 Å². The molecule has 2 nitrogen and oxygen atoms in total. The molecule has 0 aliphatic heterocycles. The van der Waals surface area contributed by atoms with E-state index in [1.54, 1.807) is 12.5 Å². The molecule has 14 heavy (non-hydrogen) atoms. The number of benzene rings is 1. The monoisotopic (exact) mass is 184 g/mol. The third-order valence-electron chi connectivity index (χ3n) is 2.10. The summed E-state index contributed by atoms with van der Waals surface area (Å²) < 4.78 is 0. The molecule has 0 unspecified atom stereocenters. The third-order valence-corrected chi connectivity index (χ3v) is 2.10. The minimum Gasteiger partial charge on any atom is -0.245 e.